The van der Waals surface area contributed by atoms with E-state index in [0.29, 0.717) is 0 Å². The van der Waals surface area contributed by atoms with Crippen LogP contribution in [0.15, 0.2) is 89.2 Å². The fourth-order valence-electron chi connectivity index (χ4n) is 5.11. The third kappa shape index (κ3) is 6.77. The van der Waals surface area contributed by atoms with Crippen LogP contribution in [0.25, 0.3) is 55.2 Å². The van der Waals surface area contributed by atoms with E-state index in [-0.39, 0.29) is 37.1 Å². The molecule has 3 heterocycles. The van der Waals surface area contributed by atoms with Gasteiger partial charge in [0.05, 0.1) is 16.9 Å². The third-order valence-electron chi connectivity index (χ3n) is 7.20. The number of fused-ring (bicyclic) bond motifs is 4. The molecule has 0 fully saturated rings. The molecular formula is C37H35IrN2O3-. The number of furan rings is 1. The second kappa shape index (κ2) is 12.6. The Kier molecular flexibility index (Phi) is 9.34. The summed E-state index contributed by atoms with van der Waals surface area (Å²) in [6.07, 6.45) is 3.12. The summed E-state index contributed by atoms with van der Waals surface area (Å²) in [5, 5.41) is 11.7. The Bertz CT molecular complexity index is 1990. The van der Waals surface area contributed by atoms with Crippen LogP contribution in [-0.4, -0.2) is 20.9 Å². The minimum absolute atomic E-state index is 0. The SMILES string of the molecule is CC(=O)/C=C(/C)O.Cc1cnc(-c2[c-]ccc3c2oc2ccccc23)cc1-c1cc2ccc(C(C)(C)C)nc2cc1C.[Ir]. The zero-order valence-electron chi connectivity index (χ0n) is 25.5. The molecule has 0 aliphatic rings. The van der Waals surface area contributed by atoms with Crippen molar-refractivity contribution in [1.29, 1.82) is 0 Å². The number of benzene rings is 3. The molecule has 0 amide bonds. The van der Waals surface area contributed by atoms with Crippen LogP contribution in [-0.2, 0) is 30.3 Å². The molecule has 0 unspecified atom stereocenters. The van der Waals surface area contributed by atoms with E-state index >= 15 is 0 Å². The molecule has 1 radical (unpaired) electrons. The van der Waals surface area contributed by atoms with E-state index in [1.54, 1.807) is 0 Å². The standard InChI is InChI=1S/C32H27N2O.C5H8O2.Ir/c1-19-15-27-21(13-14-30(34-27)32(3,4)5)16-25(19)26-17-28(33-18-20(26)2)24-11-8-10-23-22-9-6-7-12-29(22)35-31(23)24;1-4(6)3-5(2)7;/h6-10,12-18H,1-5H3;3,6H,1-2H3;/q-1;;/b;4-3-;. The van der Waals surface area contributed by atoms with Crippen LogP contribution >= 0.6 is 0 Å². The molecule has 0 atom stereocenters. The average Bonchev–Trinajstić information content (AvgIpc) is 3.31. The molecule has 0 saturated heterocycles. The Balaban J connectivity index is 0.000000475. The molecule has 0 aliphatic heterocycles. The summed E-state index contributed by atoms with van der Waals surface area (Å²) in [5.74, 6) is -0.0625. The summed E-state index contributed by atoms with van der Waals surface area (Å²) in [4.78, 5) is 19.8. The molecule has 221 valence electrons. The molecule has 3 aromatic heterocycles. The minimum Gasteiger partial charge on any atom is -0.512 e. The first-order valence-electron chi connectivity index (χ1n) is 14.0. The van der Waals surface area contributed by atoms with Gasteiger partial charge in [-0.1, -0.05) is 62.1 Å². The fourth-order valence-corrected chi connectivity index (χ4v) is 5.11. The van der Waals surface area contributed by atoms with Gasteiger partial charge in [0.1, 0.15) is 5.58 Å². The largest absolute Gasteiger partial charge is 0.512 e. The number of aliphatic hydroxyl groups is 1. The number of pyridine rings is 2. The van der Waals surface area contributed by atoms with Crippen molar-refractivity contribution in [2.45, 2.75) is 53.9 Å². The van der Waals surface area contributed by atoms with Crippen molar-refractivity contribution in [3.63, 3.8) is 0 Å². The van der Waals surface area contributed by atoms with Crippen molar-refractivity contribution < 1.29 is 34.4 Å². The van der Waals surface area contributed by atoms with Crippen molar-refractivity contribution in [3.05, 3.63) is 108 Å². The first-order chi connectivity index (χ1) is 19.9. The molecular weight excluding hydrogens is 713 g/mol. The van der Waals surface area contributed by atoms with Gasteiger partial charge in [-0.25, -0.2) is 0 Å². The van der Waals surface area contributed by atoms with Gasteiger partial charge in [-0.3, -0.25) is 9.78 Å². The van der Waals surface area contributed by atoms with Crippen LogP contribution < -0.4 is 0 Å². The fraction of sp³-hybridized carbons (Fsp3) is 0.216. The normalized spacial score (nSPS) is 11.7. The summed E-state index contributed by atoms with van der Waals surface area (Å²) in [5.41, 5.74) is 10.3. The molecule has 3 aromatic carbocycles. The molecule has 0 bridgehead atoms. The Morgan fingerprint density at radius 1 is 0.930 bits per heavy atom. The Labute approximate surface area is 266 Å². The smallest absolute Gasteiger partial charge is 0.155 e. The van der Waals surface area contributed by atoms with Crippen LogP contribution in [0, 0.1) is 19.9 Å². The number of nitrogens with zero attached hydrogens (tertiary/aromatic N) is 2. The van der Waals surface area contributed by atoms with Gasteiger partial charge in [0.15, 0.2) is 5.78 Å². The molecule has 0 saturated carbocycles. The number of para-hydroxylation sites is 1. The zero-order valence-corrected chi connectivity index (χ0v) is 27.9. The van der Waals surface area contributed by atoms with Gasteiger partial charge in [0.25, 0.3) is 0 Å². The molecule has 0 spiro atoms. The van der Waals surface area contributed by atoms with Crippen LogP contribution in [0.4, 0.5) is 0 Å². The van der Waals surface area contributed by atoms with Crippen LogP contribution in [0.1, 0.15) is 51.4 Å². The molecule has 43 heavy (non-hydrogen) atoms. The van der Waals surface area contributed by atoms with E-state index in [0.717, 1.165) is 60.9 Å². The molecule has 0 aliphatic carbocycles. The number of carbonyl (C=O) groups excluding carboxylic acids is 1. The maximum absolute atomic E-state index is 10.0. The Hall–Kier alpha value is -4.12. The number of aryl methyl sites for hydroxylation is 2. The van der Waals surface area contributed by atoms with E-state index < -0.39 is 0 Å². The van der Waals surface area contributed by atoms with Crippen molar-refractivity contribution in [3.8, 4) is 22.4 Å². The van der Waals surface area contributed by atoms with Crippen LogP contribution in [0.3, 0.4) is 0 Å². The summed E-state index contributed by atoms with van der Waals surface area (Å²) in [6, 6.07) is 26.5. The van der Waals surface area contributed by atoms with Gasteiger partial charge in [-0.2, -0.15) is 0 Å². The van der Waals surface area contributed by atoms with Crippen LogP contribution in [0.5, 0.6) is 0 Å². The topological polar surface area (TPSA) is 76.2 Å². The zero-order chi connectivity index (χ0) is 30.2. The Morgan fingerprint density at radius 2 is 1.65 bits per heavy atom. The van der Waals surface area contributed by atoms with Gasteiger partial charge in [-0.05, 0) is 79.9 Å². The predicted octanol–water partition coefficient (Wildman–Crippen LogP) is 9.61. The van der Waals surface area contributed by atoms with Gasteiger partial charge >= 0.3 is 0 Å². The van der Waals surface area contributed by atoms with E-state index in [4.69, 9.17) is 19.5 Å². The van der Waals surface area contributed by atoms with Gasteiger partial charge in [-0.15, -0.1) is 18.2 Å². The number of aromatic nitrogens is 2. The number of ketones is 1. The van der Waals surface area contributed by atoms with Gasteiger partial charge in [0, 0.05) is 54.3 Å². The third-order valence-corrected chi connectivity index (χ3v) is 7.20. The van der Waals surface area contributed by atoms with E-state index in [2.05, 4.69) is 83.1 Å². The maximum Gasteiger partial charge on any atom is 0.155 e. The average molecular weight is 748 g/mol. The first kappa shape index (κ1) is 31.8. The summed E-state index contributed by atoms with van der Waals surface area (Å²) >= 11 is 0. The molecule has 6 heteroatoms. The van der Waals surface area contributed by atoms with E-state index in [1.165, 1.54) is 31.1 Å². The predicted molar refractivity (Wildman–Crippen MR) is 172 cm³/mol. The molecule has 6 aromatic rings. The number of rotatable bonds is 3. The number of carbonyl (C=O) groups is 1. The summed E-state index contributed by atoms with van der Waals surface area (Å²) < 4.78 is 6.25. The monoisotopic (exact) mass is 748 g/mol. The summed E-state index contributed by atoms with van der Waals surface area (Å²) in [7, 11) is 0. The molecule has 5 nitrogen and oxygen atoms in total. The van der Waals surface area contributed by atoms with Gasteiger partial charge < -0.3 is 14.5 Å². The number of allylic oxidation sites excluding steroid dienone is 2. The number of hydrogen-bond donors (Lipinski definition) is 1. The van der Waals surface area contributed by atoms with Crippen LogP contribution in [0.2, 0.25) is 0 Å². The molecule has 1 N–H and O–H groups in total. The number of hydrogen-bond acceptors (Lipinski definition) is 5. The van der Waals surface area contributed by atoms with Crippen molar-refractivity contribution >= 4 is 38.6 Å². The maximum atomic E-state index is 10.0. The quantitative estimate of drug-likeness (QED) is 0.111. The van der Waals surface area contributed by atoms with Crippen molar-refractivity contribution in [2.75, 3.05) is 0 Å². The second-order valence-electron chi connectivity index (χ2n) is 11.8. The van der Waals surface area contributed by atoms with Crippen molar-refractivity contribution in [1.82, 2.24) is 9.97 Å². The Morgan fingerprint density at radius 3 is 2.33 bits per heavy atom. The summed E-state index contributed by atoms with van der Waals surface area (Å²) in [6.45, 7) is 13.7. The first-order valence-corrected chi connectivity index (χ1v) is 14.0. The minimum atomic E-state index is -0.125. The van der Waals surface area contributed by atoms with E-state index in [9.17, 15) is 4.79 Å². The van der Waals surface area contributed by atoms with Gasteiger partial charge in [0.2, 0.25) is 0 Å². The van der Waals surface area contributed by atoms with Crippen molar-refractivity contribution in [2.24, 2.45) is 0 Å². The number of aliphatic hydroxyl groups excluding tert-OH is 1. The molecule has 6 rings (SSSR count). The van der Waals surface area contributed by atoms with E-state index in [1.807, 2.05) is 30.5 Å². The second-order valence-corrected chi connectivity index (χ2v) is 11.8.